The monoisotopic (exact) mass is 214 g/mol. The summed E-state index contributed by atoms with van der Waals surface area (Å²) in [4.78, 5) is 0. The van der Waals surface area contributed by atoms with Gasteiger partial charge in [0.1, 0.15) is 0 Å². The molecule has 0 aromatic carbocycles. The summed E-state index contributed by atoms with van der Waals surface area (Å²) in [5.41, 5.74) is -0.259. The minimum atomic E-state index is -0.269. The van der Waals surface area contributed by atoms with E-state index in [9.17, 15) is 5.11 Å². The van der Waals surface area contributed by atoms with E-state index in [1.165, 1.54) is 25.7 Å². The minimum absolute atomic E-state index is 0.259. The van der Waals surface area contributed by atoms with Gasteiger partial charge in [-0.1, -0.05) is 32.6 Å². The van der Waals surface area contributed by atoms with Crippen molar-refractivity contribution in [1.82, 2.24) is 0 Å². The van der Waals surface area contributed by atoms with Crippen molar-refractivity contribution in [3.63, 3.8) is 0 Å². The molecule has 0 amide bonds. The molecule has 0 saturated carbocycles. The maximum Gasteiger partial charge on any atom is 0.0912 e. The van der Waals surface area contributed by atoms with Gasteiger partial charge in [0, 0.05) is 6.61 Å². The summed E-state index contributed by atoms with van der Waals surface area (Å²) >= 11 is 0. The topological polar surface area (TPSA) is 29.5 Å². The second-order valence-corrected chi connectivity index (χ2v) is 4.98. The van der Waals surface area contributed by atoms with E-state index in [4.69, 9.17) is 4.74 Å². The van der Waals surface area contributed by atoms with Crippen LogP contribution in [0, 0.1) is 0 Å². The number of unbranched alkanes of at least 4 members (excludes halogenated alkanes) is 3. The summed E-state index contributed by atoms with van der Waals surface area (Å²) in [6, 6.07) is 0. The average molecular weight is 214 g/mol. The first-order valence-corrected chi connectivity index (χ1v) is 6.51. The van der Waals surface area contributed by atoms with Gasteiger partial charge in [-0.2, -0.15) is 0 Å². The normalized spacial score (nSPS) is 29.0. The summed E-state index contributed by atoms with van der Waals surface area (Å²) in [5, 5.41) is 10.1. The van der Waals surface area contributed by atoms with Gasteiger partial charge in [0.2, 0.25) is 0 Å². The zero-order chi connectivity index (χ0) is 11.1. The van der Waals surface area contributed by atoms with Gasteiger partial charge in [-0.3, -0.25) is 0 Å². The van der Waals surface area contributed by atoms with Crippen molar-refractivity contribution in [2.75, 3.05) is 6.61 Å². The highest BCUT2D eigenvalue weighted by Crippen LogP contribution is 2.30. The van der Waals surface area contributed by atoms with Crippen molar-refractivity contribution < 1.29 is 9.84 Å². The van der Waals surface area contributed by atoms with Crippen LogP contribution in [0.5, 0.6) is 0 Å². The molecule has 1 aliphatic heterocycles. The molecule has 0 aromatic heterocycles. The van der Waals surface area contributed by atoms with Crippen molar-refractivity contribution in [3.05, 3.63) is 0 Å². The van der Waals surface area contributed by atoms with Crippen LogP contribution in [-0.2, 0) is 4.74 Å². The number of ether oxygens (including phenoxy) is 1. The van der Waals surface area contributed by atoms with Gasteiger partial charge in [0.15, 0.2) is 0 Å². The molecule has 2 heteroatoms. The Hall–Kier alpha value is -0.0800. The lowest BCUT2D eigenvalue weighted by Crippen LogP contribution is -2.44. The van der Waals surface area contributed by atoms with Crippen molar-refractivity contribution in [3.8, 4) is 0 Å². The molecule has 1 aliphatic rings. The molecule has 2 atom stereocenters. The zero-order valence-corrected chi connectivity index (χ0v) is 10.3. The number of hydrogen-bond acceptors (Lipinski definition) is 2. The maximum atomic E-state index is 10.1. The molecule has 0 aliphatic carbocycles. The van der Waals surface area contributed by atoms with E-state index in [1.54, 1.807) is 0 Å². The molecule has 1 N–H and O–H groups in total. The quantitative estimate of drug-likeness (QED) is 0.688. The van der Waals surface area contributed by atoms with Gasteiger partial charge in [-0.25, -0.2) is 0 Å². The molecule has 0 bridgehead atoms. The van der Waals surface area contributed by atoms with Crippen molar-refractivity contribution >= 4 is 0 Å². The Morgan fingerprint density at radius 2 is 2.07 bits per heavy atom. The van der Waals surface area contributed by atoms with Gasteiger partial charge in [0.25, 0.3) is 0 Å². The molecule has 1 fully saturated rings. The smallest absolute Gasteiger partial charge is 0.0912 e. The first-order valence-electron chi connectivity index (χ1n) is 6.51. The van der Waals surface area contributed by atoms with Gasteiger partial charge >= 0.3 is 0 Å². The highest BCUT2D eigenvalue weighted by Gasteiger charge is 2.34. The van der Waals surface area contributed by atoms with Crippen molar-refractivity contribution in [1.29, 1.82) is 0 Å². The molecular weight excluding hydrogens is 188 g/mol. The zero-order valence-electron chi connectivity index (χ0n) is 10.3. The molecule has 1 heterocycles. The Morgan fingerprint density at radius 3 is 2.67 bits per heavy atom. The number of aliphatic hydroxyl groups excluding tert-OH is 1. The Labute approximate surface area is 94.0 Å². The highest BCUT2D eigenvalue weighted by molar-refractivity contribution is 4.86. The number of aliphatic hydroxyl groups is 1. The van der Waals surface area contributed by atoms with Crippen LogP contribution in [0.4, 0.5) is 0 Å². The number of rotatable bonds is 6. The molecule has 0 spiro atoms. The Bertz CT molecular complexity index is 162. The molecule has 0 aromatic rings. The summed E-state index contributed by atoms with van der Waals surface area (Å²) < 4.78 is 5.73. The summed E-state index contributed by atoms with van der Waals surface area (Å²) in [7, 11) is 0. The van der Waals surface area contributed by atoms with Gasteiger partial charge in [-0.15, -0.1) is 0 Å². The van der Waals surface area contributed by atoms with E-state index < -0.39 is 0 Å². The molecule has 90 valence electrons. The van der Waals surface area contributed by atoms with Crippen LogP contribution in [0.15, 0.2) is 0 Å². The first kappa shape index (κ1) is 13.0. The molecule has 2 nitrogen and oxygen atoms in total. The lowest BCUT2D eigenvalue weighted by Gasteiger charge is -2.38. The van der Waals surface area contributed by atoms with E-state index in [0.717, 1.165) is 32.3 Å². The molecule has 1 rings (SSSR count). The van der Waals surface area contributed by atoms with Crippen LogP contribution in [0.25, 0.3) is 0 Å². The Balaban J connectivity index is 2.22. The lowest BCUT2D eigenvalue weighted by molar-refractivity contribution is -0.138. The second kappa shape index (κ2) is 6.49. The van der Waals surface area contributed by atoms with Crippen LogP contribution in [-0.4, -0.2) is 23.4 Å². The third-order valence-corrected chi connectivity index (χ3v) is 3.54. The average Bonchev–Trinajstić information content (AvgIpc) is 2.25. The van der Waals surface area contributed by atoms with Crippen LogP contribution < -0.4 is 0 Å². The summed E-state index contributed by atoms with van der Waals surface area (Å²) in [6.45, 7) is 5.10. The molecular formula is C13H26O2. The predicted molar refractivity (Wildman–Crippen MR) is 63.0 cm³/mol. The van der Waals surface area contributed by atoms with E-state index in [0.29, 0.717) is 0 Å². The fourth-order valence-corrected chi connectivity index (χ4v) is 2.29. The molecule has 2 unspecified atom stereocenters. The van der Waals surface area contributed by atoms with Crippen LogP contribution in [0.2, 0.25) is 0 Å². The van der Waals surface area contributed by atoms with E-state index >= 15 is 0 Å². The van der Waals surface area contributed by atoms with Crippen LogP contribution in [0.3, 0.4) is 0 Å². The highest BCUT2D eigenvalue weighted by atomic mass is 16.5. The standard InChI is InChI=1S/C13H26O2/c1-3-4-5-6-9-12(14)13(2)10-7-8-11-15-13/h12,14H,3-11H2,1-2H3. The summed E-state index contributed by atoms with van der Waals surface area (Å²) in [5.74, 6) is 0. The van der Waals surface area contributed by atoms with E-state index in [1.807, 2.05) is 0 Å². The van der Waals surface area contributed by atoms with Gasteiger partial charge in [-0.05, 0) is 32.6 Å². The van der Waals surface area contributed by atoms with E-state index in [-0.39, 0.29) is 11.7 Å². The lowest BCUT2D eigenvalue weighted by atomic mass is 9.87. The Morgan fingerprint density at radius 1 is 1.27 bits per heavy atom. The SMILES string of the molecule is CCCCCCC(O)C1(C)CCCCO1. The minimum Gasteiger partial charge on any atom is -0.390 e. The maximum absolute atomic E-state index is 10.1. The molecule has 1 saturated heterocycles. The molecule has 0 radical (unpaired) electrons. The fourth-order valence-electron chi connectivity index (χ4n) is 2.29. The first-order chi connectivity index (χ1) is 7.19. The van der Waals surface area contributed by atoms with E-state index in [2.05, 4.69) is 13.8 Å². The Kier molecular flexibility index (Phi) is 5.62. The van der Waals surface area contributed by atoms with Crippen molar-refractivity contribution in [2.24, 2.45) is 0 Å². The fraction of sp³-hybridized carbons (Fsp3) is 1.00. The summed E-state index contributed by atoms with van der Waals surface area (Å²) in [6.07, 6.45) is 8.90. The second-order valence-electron chi connectivity index (χ2n) is 4.98. The van der Waals surface area contributed by atoms with Gasteiger partial charge in [0.05, 0.1) is 11.7 Å². The third-order valence-electron chi connectivity index (χ3n) is 3.54. The largest absolute Gasteiger partial charge is 0.390 e. The number of hydrogen-bond donors (Lipinski definition) is 1. The third kappa shape index (κ3) is 4.12. The molecule has 15 heavy (non-hydrogen) atoms. The van der Waals surface area contributed by atoms with Gasteiger partial charge < -0.3 is 9.84 Å². The van der Waals surface area contributed by atoms with Crippen LogP contribution in [0.1, 0.15) is 65.2 Å². The van der Waals surface area contributed by atoms with Crippen LogP contribution >= 0.6 is 0 Å². The predicted octanol–water partition coefficient (Wildman–Crippen LogP) is 3.28. The van der Waals surface area contributed by atoms with Crippen molar-refractivity contribution in [2.45, 2.75) is 76.9 Å².